The maximum atomic E-state index is 5.78. The molecule has 0 aliphatic rings. The quantitative estimate of drug-likeness (QED) is 0.798. The molecule has 0 aliphatic heterocycles. The third-order valence-electron chi connectivity index (χ3n) is 4.08. The molecule has 0 aliphatic carbocycles. The highest BCUT2D eigenvalue weighted by molar-refractivity contribution is 5.71. The normalized spacial score (nSPS) is 11.2. The van der Waals surface area contributed by atoms with E-state index in [1.54, 1.807) is 0 Å². The van der Waals surface area contributed by atoms with Crippen molar-refractivity contribution in [3.8, 4) is 11.3 Å². The monoisotopic (exact) mass is 279 g/mol. The van der Waals surface area contributed by atoms with Gasteiger partial charge in [0.05, 0.1) is 11.4 Å². The van der Waals surface area contributed by atoms with Crippen LogP contribution in [0.5, 0.6) is 0 Å². The van der Waals surface area contributed by atoms with Gasteiger partial charge in [-0.15, -0.1) is 0 Å². The van der Waals surface area contributed by atoms with Crippen LogP contribution in [0.4, 0.5) is 0 Å². The van der Waals surface area contributed by atoms with Crippen molar-refractivity contribution in [1.82, 2.24) is 9.38 Å². The first-order chi connectivity index (χ1) is 10.1. The zero-order chi connectivity index (χ0) is 15.0. The van der Waals surface area contributed by atoms with Crippen molar-refractivity contribution in [3.05, 3.63) is 58.9 Å². The molecule has 0 atom stereocenters. The van der Waals surface area contributed by atoms with E-state index >= 15 is 0 Å². The van der Waals surface area contributed by atoms with Crippen molar-refractivity contribution in [1.29, 1.82) is 0 Å². The molecule has 2 N–H and O–H groups in total. The predicted molar refractivity (Wildman–Crippen MR) is 87.6 cm³/mol. The number of fused-ring (bicyclic) bond motifs is 1. The molecule has 3 nitrogen and oxygen atoms in total. The number of rotatable bonds is 3. The van der Waals surface area contributed by atoms with E-state index in [4.69, 9.17) is 10.7 Å². The van der Waals surface area contributed by atoms with Crippen LogP contribution in [0.15, 0.2) is 36.5 Å². The van der Waals surface area contributed by atoms with Gasteiger partial charge in [-0.3, -0.25) is 4.40 Å². The standard InChI is InChI=1S/C18H21N3/c1-12-7-8-17-20-16(9-10-19)18(21(17)11-12)15-6-4-5-13(2)14(15)3/h4-8,11H,9-10,19H2,1-3H3. The van der Waals surface area contributed by atoms with E-state index in [1.165, 1.54) is 27.9 Å². The predicted octanol–water partition coefficient (Wildman–Crippen LogP) is 3.43. The topological polar surface area (TPSA) is 43.3 Å². The Morgan fingerprint density at radius 2 is 1.90 bits per heavy atom. The second-order valence-electron chi connectivity index (χ2n) is 5.63. The summed E-state index contributed by atoms with van der Waals surface area (Å²) in [6.07, 6.45) is 2.95. The van der Waals surface area contributed by atoms with Gasteiger partial charge in [-0.2, -0.15) is 0 Å². The van der Waals surface area contributed by atoms with E-state index in [0.29, 0.717) is 6.54 Å². The summed E-state index contributed by atoms with van der Waals surface area (Å²) in [5.41, 5.74) is 14.1. The van der Waals surface area contributed by atoms with Gasteiger partial charge in [0.1, 0.15) is 5.65 Å². The summed E-state index contributed by atoms with van der Waals surface area (Å²) in [7, 11) is 0. The van der Waals surface area contributed by atoms with Gasteiger partial charge in [0.2, 0.25) is 0 Å². The van der Waals surface area contributed by atoms with Crippen LogP contribution in [0.1, 0.15) is 22.4 Å². The lowest BCUT2D eigenvalue weighted by Gasteiger charge is -2.11. The van der Waals surface area contributed by atoms with Gasteiger partial charge in [0, 0.05) is 18.2 Å². The van der Waals surface area contributed by atoms with Crippen molar-refractivity contribution in [2.45, 2.75) is 27.2 Å². The summed E-state index contributed by atoms with van der Waals surface area (Å²) in [5, 5.41) is 0. The third kappa shape index (κ3) is 2.34. The number of aryl methyl sites for hydroxylation is 2. The summed E-state index contributed by atoms with van der Waals surface area (Å²) in [6.45, 7) is 7.04. The van der Waals surface area contributed by atoms with Crippen molar-refractivity contribution in [3.63, 3.8) is 0 Å². The fourth-order valence-electron chi connectivity index (χ4n) is 2.80. The Kier molecular flexibility index (Phi) is 3.52. The van der Waals surface area contributed by atoms with Crippen LogP contribution >= 0.6 is 0 Å². The van der Waals surface area contributed by atoms with E-state index in [-0.39, 0.29) is 0 Å². The fourth-order valence-corrected chi connectivity index (χ4v) is 2.80. The molecule has 3 aromatic rings. The zero-order valence-corrected chi connectivity index (χ0v) is 12.9. The Balaban J connectivity index is 2.35. The van der Waals surface area contributed by atoms with Gasteiger partial charge in [0.25, 0.3) is 0 Å². The van der Waals surface area contributed by atoms with E-state index in [1.807, 2.05) is 0 Å². The molecule has 2 aromatic heterocycles. The largest absolute Gasteiger partial charge is 0.330 e. The number of nitrogens with two attached hydrogens (primary N) is 1. The first kappa shape index (κ1) is 13.8. The Morgan fingerprint density at radius 3 is 2.67 bits per heavy atom. The molecule has 0 bridgehead atoms. The van der Waals surface area contributed by atoms with E-state index in [0.717, 1.165) is 17.8 Å². The average Bonchev–Trinajstić information content (AvgIpc) is 2.80. The fraction of sp³-hybridized carbons (Fsp3) is 0.278. The SMILES string of the molecule is Cc1ccc2nc(CCN)c(-c3cccc(C)c3C)n2c1. The molecule has 0 saturated heterocycles. The molecule has 2 heterocycles. The van der Waals surface area contributed by atoms with Crippen molar-refractivity contribution >= 4 is 5.65 Å². The van der Waals surface area contributed by atoms with Crippen LogP contribution in [0, 0.1) is 20.8 Å². The van der Waals surface area contributed by atoms with Gasteiger partial charge in [-0.1, -0.05) is 24.3 Å². The molecule has 108 valence electrons. The first-order valence-corrected chi connectivity index (χ1v) is 7.36. The molecule has 3 rings (SSSR count). The van der Waals surface area contributed by atoms with Gasteiger partial charge in [0.15, 0.2) is 0 Å². The number of hydrogen-bond donors (Lipinski definition) is 1. The smallest absolute Gasteiger partial charge is 0.137 e. The minimum Gasteiger partial charge on any atom is -0.330 e. The Morgan fingerprint density at radius 1 is 1.10 bits per heavy atom. The van der Waals surface area contributed by atoms with Crippen LogP contribution in [-0.2, 0) is 6.42 Å². The number of aromatic nitrogens is 2. The minimum absolute atomic E-state index is 0.612. The number of pyridine rings is 1. The third-order valence-corrected chi connectivity index (χ3v) is 4.08. The highest BCUT2D eigenvalue weighted by Gasteiger charge is 2.15. The van der Waals surface area contributed by atoms with E-state index in [2.05, 4.69) is 61.7 Å². The van der Waals surface area contributed by atoms with E-state index in [9.17, 15) is 0 Å². The highest BCUT2D eigenvalue weighted by atomic mass is 15.0. The molecule has 0 radical (unpaired) electrons. The van der Waals surface area contributed by atoms with Crippen molar-refractivity contribution < 1.29 is 0 Å². The Labute approximate surface area is 125 Å². The van der Waals surface area contributed by atoms with Crippen LogP contribution in [-0.4, -0.2) is 15.9 Å². The molecule has 0 fully saturated rings. The lowest BCUT2D eigenvalue weighted by molar-refractivity contribution is 0.939. The maximum Gasteiger partial charge on any atom is 0.137 e. The maximum absolute atomic E-state index is 5.78. The van der Waals surface area contributed by atoms with Crippen LogP contribution in [0.2, 0.25) is 0 Å². The minimum atomic E-state index is 0.612. The summed E-state index contributed by atoms with van der Waals surface area (Å²) < 4.78 is 2.20. The molecule has 3 heteroatoms. The number of benzene rings is 1. The average molecular weight is 279 g/mol. The molecular formula is C18H21N3. The summed E-state index contributed by atoms with van der Waals surface area (Å²) in [6, 6.07) is 10.6. The number of imidazole rings is 1. The van der Waals surface area contributed by atoms with Crippen LogP contribution < -0.4 is 5.73 Å². The lowest BCUT2D eigenvalue weighted by Crippen LogP contribution is -2.05. The number of hydrogen-bond acceptors (Lipinski definition) is 2. The Bertz CT molecular complexity index is 800. The molecule has 0 saturated carbocycles. The second-order valence-corrected chi connectivity index (χ2v) is 5.63. The second kappa shape index (κ2) is 5.34. The molecule has 0 amide bonds. The van der Waals surface area contributed by atoms with Crippen molar-refractivity contribution in [2.24, 2.45) is 5.73 Å². The van der Waals surface area contributed by atoms with E-state index < -0.39 is 0 Å². The Hall–Kier alpha value is -2.13. The van der Waals surface area contributed by atoms with Crippen LogP contribution in [0.3, 0.4) is 0 Å². The summed E-state index contributed by atoms with van der Waals surface area (Å²) >= 11 is 0. The van der Waals surface area contributed by atoms with Gasteiger partial charge < -0.3 is 5.73 Å². The summed E-state index contributed by atoms with van der Waals surface area (Å²) in [5.74, 6) is 0. The molecular weight excluding hydrogens is 258 g/mol. The van der Waals surface area contributed by atoms with Gasteiger partial charge in [-0.25, -0.2) is 4.98 Å². The molecule has 21 heavy (non-hydrogen) atoms. The highest BCUT2D eigenvalue weighted by Crippen LogP contribution is 2.30. The summed E-state index contributed by atoms with van der Waals surface area (Å²) in [4.78, 5) is 4.77. The van der Waals surface area contributed by atoms with Crippen LogP contribution in [0.25, 0.3) is 16.9 Å². The zero-order valence-electron chi connectivity index (χ0n) is 12.9. The first-order valence-electron chi connectivity index (χ1n) is 7.36. The van der Waals surface area contributed by atoms with Crippen molar-refractivity contribution in [2.75, 3.05) is 6.54 Å². The van der Waals surface area contributed by atoms with Gasteiger partial charge in [-0.05, 0) is 50.1 Å². The lowest BCUT2D eigenvalue weighted by atomic mass is 9.99. The molecule has 0 unspecified atom stereocenters. The molecule has 0 spiro atoms. The number of nitrogens with zero attached hydrogens (tertiary/aromatic N) is 2. The molecule has 1 aromatic carbocycles. The van der Waals surface area contributed by atoms with Gasteiger partial charge >= 0.3 is 0 Å².